The molecule has 6 heteroatoms. The summed E-state index contributed by atoms with van der Waals surface area (Å²) >= 11 is 12.1. The number of carbonyl (C=O) groups excluding carboxylic acids is 1. The largest absolute Gasteiger partial charge is 0.493 e. The number of benzene rings is 2. The second-order valence-corrected chi connectivity index (χ2v) is 6.46. The van der Waals surface area contributed by atoms with Gasteiger partial charge in [-0.3, -0.25) is 4.79 Å². The molecule has 26 heavy (non-hydrogen) atoms. The van der Waals surface area contributed by atoms with E-state index in [1.54, 1.807) is 44.4 Å². The molecular formula is C20H21Cl2NO3. The lowest BCUT2D eigenvalue weighted by atomic mass is 10.1. The highest BCUT2D eigenvalue weighted by Crippen LogP contribution is 2.28. The van der Waals surface area contributed by atoms with Crippen molar-refractivity contribution >= 4 is 35.2 Å². The lowest BCUT2D eigenvalue weighted by Crippen LogP contribution is -2.27. The summed E-state index contributed by atoms with van der Waals surface area (Å²) in [6.45, 7) is 0.571. The number of methoxy groups -OCH3 is 2. The van der Waals surface area contributed by atoms with Crippen LogP contribution >= 0.6 is 23.2 Å². The summed E-state index contributed by atoms with van der Waals surface area (Å²) in [5, 5.41) is 0.897. The smallest absolute Gasteiger partial charge is 0.246 e. The number of amides is 1. The zero-order valence-corrected chi connectivity index (χ0v) is 16.5. The summed E-state index contributed by atoms with van der Waals surface area (Å²) in [6, 6.07) is 11.0. The van der Waals surface area contributed by atoms with E-state index in [1.807, 2.05) is 24.3 Å². The minimum Gasteiger partial charge on any atom is -0.493 e. The maximum absolute atomic E-state index is 12.3. The van der Waals surface area contributed by atoms with E-state index >= 15 is 0 Å². The van der Waals surface area contributed by atoms with Crippen LogP contribution in [-0.4, -0.2) is 38.6 Å². The molecule has 0 fully saturated rings. The Labute approximate surface area is 163 Å². The highest BCUT2D eigenvalue weighted by molar-refractivity contribution is 6.42. The molecule has 0 unspecified atom stereocenters. The molecule has 4 nitrogen and oxygen atoms in total. The SMILES string of the molecule is COc1ccc(CCN(C)C(=O)/C=C/c2cccc(Cl)c2Cl)cc1OC. The van der Waals surface area contributed by atoms with E-state index < -0.39 is 0 Å². The van der Waals surface area contributed by atoms with Crippen LogP contribution in [0, 0.1) is 0 Å². The summed E-state index contributed by atoms with van der Waals surface area (Å²) in [5.74, 6) is 1.25. The first-order valence-corrected chi connectivity index (χ1v) is 8.80. The zero-order valence-electron chi connectivity index (χ0n) is 15.0. The van der Waals surface area contributed by atoms with Crippen LogP contribution in [0.25, 0.3) is 6.08 Å². The third-order valence-corrected chi connectivity index (χ3v) is 4.78. The van der Waals surface area contributed by atoms with E-state index in [1.165, 1.54) is 6.08 Å². The lowest BCUT2D eigenvalue weighted by molar-refractivity contribution is -0.124. The molecule has 0 atom stereocenters. The minimum absolute atomic E-state index is 0.110. The van der Waals surface area contributed by atoms with Gasteiger partial charge < -0.3 is 14.4 Å². The van der Waals surface area contributed by atoms with Crippen LogP contribution in [0.4, 0.5) is 0 Å². The predicted molar refractivity (Wildman–Crippen MR) is 106 cm³/mol. The second kappa shape index (κ2) is 9.51. The zero-order chi connectivity index (χ0) is 19.1. The first-order chi connectivity index (χ1) is 12.5. The van der Waals surface area contributed by atoms with Gasteiger partial charge in [-0.25, -0.2) is 0 Å². The first-order valence-electron chi connectivity index (χ1n) is 8.04. The maximum Gasteiger partial charge on any atom is 0.246 e. The Hall–Kier alpha value is -2.17. The van der Waals surface area contributed by atoms with Gasteiger partial charge in [-0.05, 0) is 41.8 Å². The Kier molecular flexibility index (Phi) is 7.37. The molecular weight excluding hydrogens is 373 g/mol. The summed E-state index contributed by atoms with van der Waals surface area (Å²) in [5.41, 5.74) is 1.77. The van der Waals surface area contributed by atoms with E-state index in [0.29, 0.717) is 40.1 Å². The fraction of sp³-hybridized carbons (Fsp3) is 0.250. The summed E-state index contributed by atoms with van der Waals surface area (Å²) in [6.07, 6.45) is 3.87. The van der Waals surface area contributed by atoms with Crippen molar-refractivity contribution in [3.63, 3.8) is 0 Å². The van der Waals surface area contributed by atoms with Crippen LogP contribution < -0.4 is 9.47 Å². The number of likely N-dealkylation sites (N-methyl/N-ethyl adjacent to an activating group) is 1. The van der Waals surface area contributed by atoms with Gasteiger partial charge in [0.2, 0.25) is 5.91 Å². The number of hydrogen-bond donors (Lipinski definition) is 0. The van der Waals surface area contributed by atoms with Gasteiger partial charge in [0.1, 0.15) is 0 Å². The Balaban J connectivity index is 1.97. The van der Waals surface area contributed by atoms with Crippen LogP contribution in [0.2, 0.25) is 10.0 Å². The molecule has 0 spiro atoms. The van der Waals surface area contributed by atoms with Gasteiger partial charge in [0.25, 0.3) is 0 Å². The third kappa shape index (κ3) is 5.16. The average molecular weight is 394 g/mol. The van der Waals surface area contributed by atoms with Crippen LogP contribution in [0.15, 0.2) is 42.5 Å². The van der Waals surface area contributed by atoms with E-state index in [2.05, 4.69) is 0 Å². The molecule has 2 rings (SSSR count). The molecule has 0 bridgehead atoms. The number of ether oxygens (including phenoxy) is 2. The molecule has 0 saturated heterocycles. The lowest BCUT2D eigenvalue weighted by Gasteiger charge is -2.16. The summed E-state index contributed by atoms with van der Waals surface area (Å²) < 4.78 is 10.5. The van der Waals surface area contributed by atoms with E-state index in [0.717, 1.165) is 5.56 Å². The quantitative estimate of drug-likeness (QED) is 0.638. The number of rotatable bonds is 7. The molecule has 0 aliphatic heterocycles. The van der Waals surface area contributed by atoms with Crippen molar-refractivity contribution in [2.75, 3.05) is 27.8 Å². The van der Waals surface area contributed by atoms with Crippen LogP contribution in [-0.2, 0) is 11.2 Å². The molecule has 0 radical (unpaired) electrons. The van der Waals surface area contributed by atoms with Crippen molar-refractivity contribution in [1.29, 1.82) is 0 Å². The topological polar surface area (TPSA) is 38.8 Å². The first kappa shape index (κ1) is 20.1. The van der Waals surface area contributed by atoms with E-state index in [4.69, 9.17) is 32.7 Å². The molecule has 2 aromatic rings. The molecule has 138 valence electrons. The Morgan fingerprint density at radius 1 is 1.12 bits per heavy atom. The van der Waals surface area contributed by atoms with Gasteiger partial charge in [0, 0.05) is 19.7 Å². The van der Waals surface area contributed by atoms with E-state index in [-0.39, 0.29) is 5.91 Å². The number of halogens is 2. The highest BCUT2D eigenvalue weighted by atomic mass is 35.5. The van der Waals surface area contributed by atoms with E-state index in [9.17, 15) is 4.79 Å². The molecule has 2 aromatic carbocycles. The third-order valence-electron chi connectivity index (χ3n) is 3.95. The standard InChI is InChI=1S/C20H21Cl2NO3/c1-23(12-11-14-7-9-17(25-2)18(13-14)26-3)19(24)10-8-15-5-4-6-16(21)20(15)22/h4-10,13H,11-12H2,1-3H3/b10-8+. The molecule has 0 aromatic heterocycles. The molecule has 1 amide bonds. The molecule has 0 aliphatic carbocycles. The van der Waals surface area contributed by atoms with Crippen molar-refractivity contribution in [3.05, 3.63) is 63.6 Å². The predicted octanol–water partition coefficient (Wildman–Crippen LogP) is 4.72. The molecule has 0 N–H and O–H groups in total. The minimum atomic E-state index is -0.110. The van der Waals surface area contributed by atoms with Gasteiger partial charge in [0.15, 0.2) is 11.5 Å². The molecule has 0 saturated carbocycles. The van der Waals surface area contributed by atoms with Crippen molar-refractivity contribution < 1.29 is 14.3 Å². The monoisotopic (exact) mass is 393 g/mol. The van der Waals surface area contributed by atoms with Gasteiger partial charge in [-0.2, -0.15) is 0 Å². The van der Waals surface area contributed by atoms with Gasteiger partial charge in [-0.1, -0.05) is 41.4 Å². The van der Waals surface area contributed by atoms with Gasteiger partial charge in [-0.15, -0.1) is 0 Å². The van der Waals surface area contributed by atoms with Crippen LogP contribution in [0.3, 0.4) is 0 Å². The number of nitrogens with zero attached hydrogens (tertiary/aromatic N) is 1. The van der Waals surface area contributed by atoms with Gasteiger partial charge >= 0.3 is 0 Å². The number of hydrogen-bond acceptors (Lipinski definition) is 3. The fourth-order valence-electron chi connectivity index (χ4n) is 2.38. The Bertz CT molecular complexity index is 806. The van der Waals surface area contributed by atoms with Crippen LogP contribution in [0.5, 0.6) is 11.5 Å². The molecule has 0 heterocycles. The van der Waals surface area contributed by atoms with Crippen molar-refractivity contribution in [2.24, 2.45) is 0 Å². The normalized spacial score (nSPS) is 10.8. The average Bonchev–Trinajstić information content (AvgIpc) is 2.66. The fourth-order valence-corrected chi connectivity index (χ4v) is 2.75. The second-order valence-electron chi connectivity index (χ2n) is 5.68. The van der Waals surface area contributed by atoms with Crippen LogP contribution in [0.1, 0.15) is 11.1 Å². The Morgan fingerprint density at radius 3 is 2.54 bits per heavy atom. The maximum atomic E-state index is 12.3. The number of carbonyl (C=O) groups is 1. The molecule has 0 aliphatic rings. The highest BCUT2D eigenvalue weighted by Gasteiger charge is 2.09. The van der Waals surface area contributed by atoms with Crippen molar-refractivity contribution in [3.8, 4) is 11.5 Å². The van der Waals surface area contributed by atoms with Crippen molar-refractivity contribution in [1.82, 2.24) is 4.90 Å². The van der Waals surface area contributed by atoms with Crippen molar-refractivity contribution in [2.45, 2.75) is 6.42 Å². The Morgan fingerprint density at radius 2 is 1.85 bits per heavy atom. The summed E-state index contributed by atoms with van der Waals surface area (Å²) in [7, 11) is 4.96. The summed E-state index contributed by atoms with van der Waals surface area (Å²) in [4.78, 5) is 13.9. The van der Waals surface area contributed by atoms with Gasteiger partial charge in [0.05, 0.1) is 24.3 Å².